The highest BCUT2D eigenvalue weighted by atomic mass is 16.5. The molecule has 6 nitrogen and oxygen atoms in total. The number of nitrogens with zero attached hydrogens (tertiary/aromatic N) is 2. The molecule has 2 heterocycles. The Balaban J connectivity index is 1.61. The van der Waals surface area contributed by atoms with Gasteiger partial charge in [-0.15, -0.1) is 0 Å². The first-order chi connectivity index (χ1) is 13.2. The number of benzene rings is 1. The number of carbonyl (C=O) groups excluding carboxylic acids is 1. The fraction of sp³-hybridized carbons (Fsp3) is 0.429. The summed E-state index contributed by atoms with van der Waals surface area (Å²) in [6.45, 7) is 1.19. The quantitative estimate of drug-likeness (QED) is 0.849. The van der Waals surface area contributed by atoms with E-state index in [0.717, 1.165) is 24.0 Å². The number of nitrogens with one attached hydrogen (secondary N) is 1. The molecule has 0 radical (unpaired) electrons. The van der Waals surface area contributed by atoms with Crippen LogP contribution in [0.4, 0.5) is 5.82 Å². The van der Waals surface area contributed by atoms with Crippen LogP contribution in [0.3, 0.4) is 0 Å². The number of carbonyl (C=O) groups is 1. The first-order valence-corrected chi connectivity index (χ1v) is 9.49. The first kappa shape index (κ1) is 17.8. The summed E-state index contributed by atoms with van der Waals surface area (Å²) in [5.41, 5.74) is 2.78. The summed E-state index contributed by atoms with van der Waals surface area (Å²) in [6.07, 6.45) is 4.81. The molecule has 2 aliphatic rings. The van der Waals surface area contributed by atoms with Crippen LogP contribution in [0.15, 0.2) is 30.3 Å². The van der Waals surface area contributed by atoms with Gasteiger partial charge in [0.05, 0.1) is 13.7 Å². The minimum atomic E-state index is -0.0493. The van der Waals surface area contributed by atoms with Gasteiger partial charge in [-0.2, -0.15) is 4.98 Å². The van der Waals surface area contributed by atoms with Gasteiger partial charge in [-0.3, -0.25) is 9.69 Å². The van der Waals surface area contributed by atoms with Gasteiger partial charge in [0.15, 0.2) is 0 Å². The van der Waals surface area contributed by atoms with Crippen molar-refractivity contribution in [1.82, 2.24) is 10.3 Å². The highest BCUT2D eigenvalue weighted by Gasteiger charge is 2.32. The van der Waals surface area contributed by atoms with Crippen LogP contribution in [-0.4, -0.2) is 31.2 Å². The molecule has 6 heteroatoms. The van der Waals surface area contributed by atoms with Gasteiger partial charge in [-0.25, -0.2) is 0 Å². The number of hydrogen-bond acceptors (Lipinski definition) is 5. The van der Waals surface area contributed by atoms with Crippen molar-refractivity contribution in [2.75, 3.05) is 19.1 Å². The van der Waals surface area contributed by atoms with Crippen LogP contribution in [-0.2, 0) is 13.1 Å². The Morgan fingerprint density at radius 1 is 1.26 bits per heavy atom. The molecule has 1 N–H and O–H groups in total. The molecule has 0 bridgehead atoms. The standard InChI is InChI=1S/C21H25N3O3/c1-22-12-14-10-16(26-2)11-17-18(14)13-24(21(17)25)19-8-5-9-20(23-19)27-15-6-3-4-7-15/h5,8-11,15,22H,3-4,6-7,12-13H2,1-2H3. The van der Waals surface area contributed by atoms with Crippen molar-refractivity contribution in [2.24, 2.45) is 0 Å². The summed E-state index contributed by atoms with van der Waals surface area (Å²) >= 11 is 0. The van der Waals surface area contributed by atoms with Gasteiger partial charge in [0.2, 0.25) is 5.88 Å². The van der Waals surface area contributed by atoms with E-state index in [4.69, 9.17) is 9.47 Å². The molecule has 1 amide bonds. The van der Waals surface area contributed by atoms with Crippen LogP contribution >= 0.6 is 0 Å². The average Bonchev–Trinajstić information content (AvgIpc) is 3.30. The first-order valence-electron chi connectivity index (χ1n) is 9.49. The molecule has 1 aliphatic carbocycles. The molecule has 1 aromatic heterocycles. The number of hydrogen-bond donors (Lipinski definition) is 1. The molecule has 1 fully saturated rings. The SMILES string of the molecule is CNCc1cc(OC)cc2c1CN(c1cccc(OC3CCCC3)n1)C2=O. The van der Waals surface area contributed by atoms with Gasteiger partial charge in [0, 0.05) is 18.2 Å². The summed E-state index contributed by atoms with van der Waals surface area (Å²) in [4.78, 5) is 19.4. The summed E-state index contributed by atoms with van der Waals surface area (Å²) in [7, 11) is 3.51. The van der Waals surface area contributed by atoms with Gasteiger partial charge >= 0.3 is 0 Å². The van der Waals surface area contributed by atoms with Crippen molar-refractivity contribution in [3.63, 3.8) is 0 Å². The van der Waals surface area contributed by atoms with Crippen molar-refractivity contribution in [2.45, 2.75) is 44.9 Å². The largest absolute Gasteiger partial charge is 0.497 e. The highest BCUT2D eigenvalue weighted by molar-refractivity contribution is 6.10. The lowest BCUT2D eigenvalue weighted by Gasteiger charge is -2.17. The number of anilines is 1. The Labute approximate surface area is 159 Å². The molecule has 1 aliphatic heterocycles. The second-order valence-electron chi connectivity index (χ2n) is 7.09. The predicted molar refractivity (Wildman–Crippen MR) is 103 cm³/mol. The van der Waals surface area contributed by atoms with Crippen molar-refractivity contribution in [1.29, 1.82) is 0 Å². The molecule has 0 spiro atoms. The average molecular weight is 367 g/mol. The number of rotatable bonds is 6. The second-order valence-corrected chi connectivity index (χ2v) is 7.09. The summed E-state index contributed by atoms with van der Waals surface area (Å²) in [5.74, 6) is 1.87. The Bertz CT molecular complexity index is 847. The molecule has 0 unspecified atom stereocenters. The van der Waals surface area contributed by atoms with Crippen LogP contribution in [0.2, 0.25) is 0 Å². The fourth-order valence-corrected chi connectivity index (χ4v) is 3.90. The maximum absolute atomic E-state index is 13.0. The van der Waals surface area contributed by atoms with Crippen LogP contribution in [0.1, 0.15) is 47.2 Å². The van der Waals surface area contributed by atoms with Gasteiger partial charge < -0.3 is 14.8 Å². The number of fused-ring (bicyclic) bond motifs is 1. The molecule has 2 aromatic rings. The molecular weight excluding hydrogens is 342 g/mol. The topological polar surface area (TPSA) is 63.7 Å². The van der Waals surface area contributed by atoms with E-state index in [2.05, 4.69) is 10.3 Å². The van der Waals surface area contributed by atoms with Gasteiger partial charge in [-0.05, 0) is 62.1 Å². The van der Waals surface area contributed by atoms with Crippen molar-refractivity contribution in [3.8, 4) is 11.6 Å². The van der Waals surface area contributed by atoms with Crippen LogP contribution in [0.5, 0.6) is 11.6 Å². The summed E-state index contributed by atoms with van der Waals surface area (Å²) in [5, 5.41) is 3.16. The Hall–Kier alpha value is -2.60. The highest BCUT2D eigenvalue weighted by Crippen LogP contribution is 2.33. The number of aromatic nitrogens is 1. The third-order valence-corrected chi connectivity index (χ3v) is 5.29. The fourth-order valence-electron chi connectivity index (χ4n) is 3.90. The summed E-state index contributed by atoms with van der Waals surface area (Å²) < 4.78 is 11.4. The summed E-state index contributed by atoms with van der Waals surface area (Å²) in [6, 6.07) is 9.43. The third kappa shape index (κ3) is 3.49. The zero-order chi connectivity index (χ0) is 18.8. The minimum Gasteiger partial charge on any atom is -0.497 e. The number of pyridine rings is 1. The lowest BCUT2D eigenvalue weighted by Crippen LogP contribution is -2.24. The zero-order valence-corrected chi connectivity index (χ0v) is 15.8. The molecular formula is C21H25N3O3. The number of ether oxygens (including phenoxy) is 2. The van der Waals surface area contributed by atoms with E-state index >= 15 is 0 Å². The smallest absolute Gasteiger partial charge is 0.260 e. The zero-order valence-electron chi connectivity index (χ0n) is 15.8. The van der Waals surface area contributed by atoms with Crippen molar-refractivity contribution >= 4 is 11.7 Å². The van der Waals surface area contributed by atoms with Gasteiger partial charge in [0.25, 0.3) is 5.91 Å². The third-order valence-electron chi connectivity index (χ3n) is 5.29. The van der Waals surface area contributed by atoms with Gasteiger partial charge in [0.1, 0.15) is 17.7 Å². The number of methoxy groups -OCH3 is 1. The maximum atomic E-state index is 13.0. The van der Waals surface area contributed by atoms with E-state index in [9.17, 15) is 4.79 Å². The van der Waals surface area contributed by atoms with E-state index in [-0.39, 0.29) is 12.0 Å². The Morgan fingerprint density at radius 3 is 2.81 bits per heavy atom. The second kappa shape index (κ2) is 7.56. The molecule has 0 saturated heterocycles. The van der Waals surface area contributed by atoms with Crippen molar-refractivity contribution < 1.29 is 14.3 Å². The molecule has 1 aromatic carbocycles. The van der Waals surface area contributed by atoms with E-state index in [1.165, 1.54) is 12.8 Å². The van der Waals surface area contributed by atoms with Crippen LogP contribution in [0.25, 0.3) is 0 Å². The maximum Gasteiger partial charge on any atom is 0.260 e. The Kier molecular flexibility index (Phi) is 4.99. The normalized spacial score (nSPS) is 16.7. The Morgan fingerprint density at radius 2 is 2.07 bits per heavy atom. The molecule has 0 atom stereocenters. The van der Waals surface area contributed by atoms with E-state index in [1.54, 1.807) is 12.0 Å². The van der Waals surface area contributed by atoms with Crippen molar-refractivity contribution in [3.05, 3.63) is 47.0 Å². The monoisotopic (exact) mass is 367 g/mol. The lowest BCUT2D eigenvalue weighted by atomic mass is 10.0. The lowest BCUT2D eigenvalue weighted by molar-refractivity contribution is 0.0995. The van der Waals surface area contributed by atoms with Gasteiger partial charge in [-0.1, -0.05) is 6.07 Å². The van der Waals surface area contributed by atoms with E-state index in [0.29, 0.717) is 36.1 Å². The van der Waals surface area contributed by atoms with E-state index in [1.807, 2.05) is 37.4 Å². The molecule has 142 valence electrons. The molecule has 27 heavy (non-hydrogen) atoms. The molecule has 4 rings (SSSR count). The minimum absolute atomic E-state index is 0.0493. The predicted octanol–water partition coefficient (Wildman–Crippen LogP) is 3.29. The van der Waals surface area contributed by atoms with E-state index < -0.39 is 0 Å². The van der Waals surface area contributed by atoms with Crippen LogP contribution < -0.4 is 19.7 Å². The molecule has 1 saturated carbocycles. The van der Waals surface area contributed by atoms with Crippen LogP contribution in [0, 0.1) is 0 Å². The number of amides is 1.